The minimum absolute atomic E-state index is 0.0630. The highest BCUT2D eigenvalue weighted by Crippen LogP contribution is 2.54. The fraction of sp³-hybridized carbons (Fsp3) is 0.116. The molecule has 7 aromatic rings. The number of fused-ring (bicyclic) bond motifs is 6. The molecule has 0 fully saturated rings. The predicted octanol–water partition coefficient (Wildman–Crippen LogP) is 12.2. The minimum Gasteiger partial charge on any atom is -0.310 e. The van der Waals surface area contributed by atoms with E-state index in [4.69, 9.17) is 0 Å². The van der Waals surface area contributed by atoms with Crippen molar-refractivity contribution in [1.29, 1.82) is 0 Å². The van der Waals surface area contributed by atoms with Crippen molar-refractivity contribution in [1.82, 2.24) is 0 Å². The first-order valence-corrected chi connectivity index (χ1v) is 15.8. The molecule has 44 heavy (non-hydrogen) atoms. The van der Waals surface area contributed by atoms with E-state index in [9.17, 15) is 0 Å². The molecule has 1 heteroatoms. The van der Waals surface area contributed by atoms with Crippen LogP contribution in [-0.2, 0) is 5.41 Å². The summed E-state index contributed by atoms with van der Waals surface area (Å²) in [7, 11) is 0. The summed E-state index contributed by atoms with van der Waals surface area (Å²) in [5.74, 6) is 0. The molecule has 1 aliphatic rings. The van der Waals surface area contributed by atoms with Crippen LogP contribution in [0.5, 0.6) is 0 Å². The van der Waals surface area contributed by atoms with E-state index in [0.29, 0.717) is 0 Å². The molecule has 0 N–H and O–H groups in total. The quantitative estimate of drug-likeness (QED) is 0.181. The molecule has 1 aliphatic carbocycles. The van der Waals surface area contributed by atoms with Gasteiger partial charge < -0.3 is 4.90 Å². The monoisotopic (exact) mass is 565 g/mol. The van der Waals surface area contributed by atoms with E-state index >= 15 is 0 Å². The van der Waals surface area contributed by atoms with Gasteiger partial charge in [0.05, 0.1) is 5.69 Å². The molecule has 8 rings (SSSR count). The van der Waals surface area contributed by atoms with Crippen LogP contribution in [0.25, 0.3) is 43.8 Å². The van der Waals surface area contributed by atoms with Crippen molar-refractivity contribution < 1.29 is 0 Å². The van der Waals surface area contributed by atoms with Gasteiger partial charge in [-0.15, -0.1) is 0 Å². The van der Waals surface area contributed by atoms with Crippen LogP contribution in [0.4, 0.5) is 17.1 Å². The largest absolute Gasteiger partial charge is 0.310 e. The molecule has 0 spiro atoms. The maximum atomic E-state index is 2.51. The van der Waals surface area contributed by atoms with Crippen molar-refractivity contribution in [2.45, 2.75) is 32.1 Å². The van der Waals surface area contributed by atoms with Gasteiger partial charge in [0.1, 0.15) is 0 Å². The van der Waals surface area contributed by atoms with Gasteiger partial charge in [0.15, 0.2) is 0 Å². The first kappa shape index (κ1) is 26.5. The molecule has 0 amide bonds. The van der Waals surface area contributed by atoms with Crippen molar-refractivity contribution in [2.75, 3.05) is 4.90 Å². The lowest BCUT2D eigenvalue weighted by Crippen LogP contribution is -2.22. The van der Waals surface area contributed by atoms with E-state index in [-0.39, 0.29) is 5.41 Å². The van der Waals surface area contributed by atoms with Gasteiger partial charge in [0, 0.05) is 22.4 Å². The average Bonchev–Trinajstić information content (AvgIpc) is 3.37. The summed E-state index contributed by atoms with van der Waals surface area (Å²) >= 11 is 0. The second-order valence-corrected chi connectivity index (χ2v) is 12.0. The lowest BCUT2D eigenvalue weighted by atomic mass is 9.73. The van der Waals surface area contributed by atoms with E-state index in [0.717, 1.165) is 29.9 Å². The van der Waals surface area contributed by atoms with Crippen molar-refractivity contribution in [3.8, 4) is 22.3 Å². The average molecular weight is 566 g/mol. The summed E-state index contributed by atoms with van der Waals surface area (Å²) in [6.45, 7) is 4.70. The fourth-order valence-electron chi connectivity index (χ4n) is 7.69. The normalized spacial score (nSPS) is 13.1. The van der Waals surface area contributed by atoms with Crippen LogP contribution in [0.1, 0.15) is 37.8 Å². The van der Waals surface area contributed by atoms with Gasteiger partial charge in [0.25, 0.3) is 0 Å². The molecule has 7 aromatic carbocycles. The lowest BCUT2D eigenvalue weighted by Gasteiger charge is -2.30. The van der Waals surface area contributed by atoms with Gasteiger partial charge >= 0.3 is 0 Å². The summed E-state index contributed by atoms with van der Waals surface area (Å²) in [5, 5.41) is 5.19. The number of anilines is 3. The zero-order valence-corrected chi connectivity index (χ0v) is 25.3. The molecule has 0 saturated carbocycles. The van der Waals surface area contributed by atoms with Crippen LogP contribution in [0, 0.1) is 0 Å². The van der Waals surface area contributed by atoms with E-state index in [1.165, 1.54) is 54.9 Å². The topological polar surface area (TPSA) is 3.24 Å². The maximum absolute atomic E-state index is 2.51. The Labute approximate surface area is 260 Å². The summed E-state index contributed by atoms with van der Waals surface area (Å²) < 4.78 is 0. The van der Waals surface area contributed by atoms with Gasteiger partial charge in [-0.3, -0.25) is 0 Å². The molecule has 1 nitrogen and oxygen atoms in total. The number of nitrogens with zero attached hydrogens (tertiary/aromatic N) is 1. The zero-order chi connectivity index (χ0) is 29.7. The summed E-state index contributed by atoms with van der Waals surface area (Å²) in [5.41, 5.74) is 11.7. The minimum atomic E-state index is 0.0630. The number of hydrogen-bond acceptors (Lipinski definition) is 1. The van der Waals surface area contributed by atoms with Crippen LogP contribution >= 0.6 is 0 Å². The number of benzene rings is 7. The molecule has 0 atom stereocenters. The zero-order valence-electron chi connectivity index (χ0n) is 25.3. The Kier molecular flexibility index (Phi) is 6.34. The second kappa shape index (κ2) is 10.5. The molecular weight excluding hydrogens is 530 g/mol. The Morgan fingerprint density at radius 3 is 1.84 bits per heavy atom. The molecule has 0 saturated heterocycles. The summed E-state index contributed by atoms with van der Waals surface area (Å²) in [4.78, 5) is 2.39. The van der Waals surface area contributed by atoms with Crippen LogP contribution in [0.2, 0.25) is 0 Å². The Morgan fingerprint density at radius 1 is 0.455 bits per heavy atom. The molecule has 0 aliphatic heterocycles. The number of hydrogen-bond donors (Lipinski definition) is 0. The highest BCUT2D eigenvalue weighted by Gasteiger charge is 2.40. The van der Waals surface area contributed by atoms with Crippen LogP contribution in [0.3, 0.4) is 0 Å². The Morgan fingerprint density at radius 2 is 1.09 bits per heavy atom. The molecule has 0 heterocycles. The molecular formula is C43H35N. The van der Waals surface area contributed by atoms with Gasteiger partial charge in [-0.1, -0.05) is 123 Å². The van der Waals surface area contributed by atoms with Crippen molar-refractivity contribution >= 4 is 38.6 Å². The second-order valence-electron chi connectivity index (χ2n) is 12.0. The summed E-state index contributed by atoms with van der Waals surface area (Å²) in [6.07, 6.45) is 2.20. The van der Waals surface area contributed by atoms with Gasteiger partial charge in [-0.2, -0.15) is 0 Å². The SMILES string of the molecule is CCC1(CC)c2ccccc2-c2cc3ccc4cc(N(c5ccccc5)c5ccccc5-c5ccccc5)ccc4c3cc21. The standard InChI is InChI=1S/C43H35N/c1-3-43(4-2)40-21-13-11-20-37(40)39-28-32-24-23-31-27-34(25-26-35(31)38(32)29-41(39)43)44(33-17-9-6-10-18-33)42-22-14-12-19-36(42)30-15-7-5-8-16-30/h5-29H,3-4H2,1-2H3. The van der Waals surface area contributed by atoms with E-state index < -0.39 is 0 Å². The van der Waals surface area contributed by atoms with Crippen LogP contribution < -0.4 is 4.90 Å². The number of rotatable bonds is 6. The highest BCUT2D eigenvalue weighted by molar-refractivity contribution is 6.11. The van der Waals surface area contributed by atoms with Gasteiger partial charge in [0.2, 0.25) is 0 Å². The smallest absolute Gasteiger partial charge is 0.0540 e. The highest BCUT2D eigenvalue weighted by atomic mass is 15.1. The van der Waals surface area contributed by atoms with Crippen molar-refractivity contribution in [3.05, 3.63) is 163 Å². The van der Waals surface area contributed by atoms with E-state index in [2.05, 4.69) is 170 Å². The van der Waals surface area contributed by atoms with E-state index in [1.807, 2.05) is 0 Å². The predicted molar refractivity (Wildman–Crippen MR) is 188 cm³/mol. The Bertz CT molecular complexity index is 2140. The maximum Gasteiger partial charge on any atom is 0.0540 e. The third kappa shape index (κ3) is 4.00. The third-order valence-corrected chi connectivity index (χ3v) is 9.92. The first-order chi connectivity index (χ1) is 21.7. The third-order valence-electron chi connectivity index (χ3n) is 9.92. The van der Waals surface area contributed by atoms with Crippen molar-refractivity contribution in [2.24, 2.45) is 0 Å². The number of para-hydroxylation sites is 2. The Hall–Kier alpha value is -5.14. The van der Waals surface area contributed by atoms with Crippen LogP contribution in [-0.4, -0.2) is 0 Å². The molecule has 0 aromatic heterocycles. The van der Waals surface area contributed by atoms with Gasteiger partial charge in [-0.25, -0.2) is 0 Å². The first-order valence-electron chi connectivity index (χ1n) is 15.8. The van der Waals surface area contributed by atoms with E-state index in [1.54, 1.807) is 0 Å². The Balaban J connectivity index is 1.32. The molecule has 0 radical (unpaired) electrons. The lowest BCUT2D eigenvalue weighted by molar-refractivity contribution is 0.491. The van der Waals surface area contributed by atoms with Gasteiger partial charge in [-0.05, 0) is 105 Å². The molecule has 0 bridgehead atoms. The van der Waals surface area contributed by atoms with Crippen molar-refractivity contribution in [3.63, 3.8) is 0 Å². The molecule has 212 valence electrons. The van der Waals surface area contributed by atoms with Crippen LogP contribution in [0.15, 0.2) is 152 Å². The molecule has 0 unspecified atom stereocenters. The fourth-order valence-corrected chi connectivity index (χ4v) is 7.69. The summed E-state index contributed by atoms with van der Waals surface area (Å²) in [6, 6.07) is 55.7.